The van der Waals surface area contributed by atoms with Gasteiger partial charge in [0.25, 0.3) is 0 Å². The fourth-order valence-electron chi connectivity index (χ4n) is 2.82. The molecule has 2 heterocycles. The first kappa shape index (κ1) is 15.5. The number of piperidine rings is 1. The van der Waals surface area contributed by atoms with E-state index in [1.807, 2.05) is 18.2 Å². The Labute approximate surface area is 135 Å². The van der Waals surface area contributed by atoms with Crippen molar-refractivity contribution >= 4 is 11.3 Å². The number of thiazole rings is 1. The van der Waals surface area contributed by atoms with Crippen LogP contribution in [-0.4, -0.2) is 41.8 Å². The molecule has 1 aromatic heterocycles. The van der Waals surface area contributed by atoms with E-state index in [1.165, 1.54) is 0 Å². The van der Waals surface area contributed by atoms with Gasteiger partial charge in [-0.1, -0.05) is 12.1 Å². The standard InChI is InChI=1S/C17H22N2O2S/c1-21-16-4-2-3-14(9-16)17-18-15(12-22-17)10-19-7-5-13(11-20)6-8-19/h2-4,9,12-13,20H,5-8,10-11H2,1H3. The first-order chi connectivity index (χ1) is 10.8. The van der Waals surface area contributed by atoms with Crippen molar-refractivity contribution in [2.45, 2.75) is 19.4 Å². The fraction of sp³-hybridized carbons (Fsp3) is 0.471. The Morgan fingerprint density at radius 3 is 2.91 bits per heavy atom. The number of aromatic nitrogens is 1. The summed E-state index contributed by atoms with van der Waals surface area (Å²) in [5, 5.41) is 12.4. The minimum absolute atomic E-state index is 0.324. The van der Waals surface area contributed by atoms with Crippen molar-refractivity contribution in [3.63, 3.8) is 0 Å². The highest BCUT2D eigenvalue weighted by molar-refractivity contribution is 7.13. The molecule has 5 heteroatoms. The van der Waals surface area contributed by atoms with Crippen molar-refractivity contribution in [1.82, 2.24) is 9.88 Å². The molecule has 0 unspecified atom stereocenters. The molecule has 1 saturated heterocycles. The third-order valence-electron chi connectivity index (χ3n) is 4.22. The minimum atomic E-state index is 0.324. The zero-order valence-electron chi connectivity index (χ0n) is 12.9. The number of methoxy groups -OCH3 is 1. The highest BCUT2D eigenvalue weighted by Gasteiger charge is 2.19. The summed E-state index contributed by atoms with van der Waals surface area (Å²) in [6.07, 6.45) is 2.17. The van der Waals surface area contributed by atoms with E-state index in [0.29, 0.717) is 12.5 Å². The minimum Gasteiger partial charge on any atom is -0.497 e. The number of benzene rings is 1. The van der Waals surface area contributed by atoms with Crippen LogP contribution >= 0.6 is 11.3 Å². The molecule has 0 radical (unpaired) electrons. The summed E-state index contributed by atoms with van der Waals surface area (Å²) in [7, 11) is 1.68. The van der Waals surface area contributed by atoms with Crippen LogP contribution in [0.1, 0.15) is 18.5 Å². The van der Waals surface area contributed by atoms with Gasteiger partial charge in [-0.05, 0) is 44.0 Å². The number of hydrogen-bond acceptors (Lipinski definition) is 5. The molecule has 0 saturated carbocycles. The monoisotopic (exact) mass is 318 g/mol. The zero-order chi connectivity index (χ0) is 15.4. The van der Waals surface area contributed by atoms with E-state index < -0.39 is 0 Å². The molecule has 0 spiro atoms. The van der Waals surface area contributed by atoms with Gasteiger partial charge in [0.2, 0.25) is 0 Å². The summed E-state index contributed by atoms with van der Waals surface area (Å²) in [6, 6.07) is 8.03. The van der Waals surface area contributed by atoms with E-state index in [9.17, 15) is 5.11 Å². The molecule has 0 bridgehead atoms. The normalized spacial score (nSPS) is 16.8. The van der Waals surface area contributed by atoms with Crippen molar-refractivity contribution in [2.24, 2.45) is 5.92 Å². The van der Waals surface area contributed by atoms with Crippen molar-refractivity contribution in [1.29, 1.82) is 0 Å². The highest BCUT2D eigenvalue weighted by atomic mass is 32.1. The second-order valence-electron chi connectivity index (χ2n) is 5.78. The van der Waals surface area contributed by atoms with Gasteiger partial charge in [0.05, 0.1) is 12.8 Å². The third kappa shape index (κ3) is 3.66. The van der Waals surface area contributed by atoms with Crippen LogP contribution in [0.25, 0.3) is 10.6 Å². The molecular formula is C17H22N2O2S. The van der Waals surface area contributed by atoms with E-state index in [2.05, 4.69) is 16.3 Å². The number of ether oxygens (including phenoxy) is 1. The van der Waals surface area contributed by atoms with Gasteiger partial charge in [0.15, 0.2) is 0 Å². The van der Waals surface area contributed by atoms with Crippen LogP contribution in [0.15, 0.2) is 29.6 Å². The molecule has 1 N–H and O–H groups in total. The van der Waals surface area contributed by atoms with Crippen molar-refractivity contribution in [2.75, 3.05) is 26.8 Å². The van der Waals surface area contributed by atoms with E-state index in [0.717, 1.165) is 54.5 Å². The number of aliphatic hydroxyl groups is 1. The van der Waals surface area contributed by atoms with E-state index in [-0.39, 0.29) is 0 Å². The second kappa shape index (κ2) is 7.22. The second-order valence-corrected chi connectivity index (χ2v) is 6.64. The smallest absolute Gasteiger partial charge is 0.123 e. The molecule has 0 aliphatic carbocycles. The summed E-state index contributed by atoms with van der Waals surface area (Å²) in [4.78, 5) is 7.19. The predicted molar refractivity (Wildman–Crippen MR) is 89.2 cm³/mol. The molecule has 1 aliphatic heterocycles. The Hall–Kier alpha value is -1.43. The van der Waals surface area contributed by atoms with Crippen LogP contribution in [0.3, 0.4) is 0 Å². The molecule has 1 fully saturated rings. The van der Waals surface area contributed by atoms with Crippen molar-refractivity contribution in [3.8, 4) is 16.3 Å². The maximum atomic E-state index is 9.20. The summed E-state index contributed by atoms with van der Waals surface area (Å²) >= 11 is 1.68. The summed E-state index contributed by atoms with van der Waals surface area (Å²) in [5.41, 5.74) is 2.24. The van der Waals surface area contributed by atoms with E-state index in [1.54, 1.807) is 18.4 Å². The maximum absolute atomic E-state index is 9.20. The molecule has 118 valence electrons. The molecule has 1 aromatic carbocycles. The summed E-state index contributed by atoms with van der Waals surface area (Å²) < 4.78 is 5.27. The first-order valence-electron chi connectivity index (χ1n) is 7.70. The average Bonchev–Trinajstić information content (AvgIpc) is 3.04. The van der Waals surface area contributed by atoms with Crippen LogP contribution < -0.4 is 4.74 Å². The first-order valence-corrected chi connectivity index (χ1v) is 8.58. The lowest BCUT2D eigenvalue weighted by Crippen LogP contribution is -2.34. The number of rotatable bonds is 5. The molecule has 0 amide bonds. The molecule has 1 aliphatic rings. The van der Waals surface area contributed by atoms with Crippen molar-refractivity contribution < 1.29 is 9.84 Å². The Morgan fingerprint density at radius 1 is 1.36 bits per heavy atom. The number of likely N-dealkylation sites (tertiary alicyclic amines) is 1. The molecule has 0 atom stereocenters. The van der Waals surface area contributed by atoms with E-state index >= 15 is 0 Å². The van der Waals surface area contributed by atoms with E-state index in [4.69, 9.17) is 9.72 Å². The lowest BCUT2D eigenvalue weighted by molar-refractivity contribution is 0.126. The number of hydrogen-bond donors (Lipinski definition) is 1. The molecule has 2 aromatic rings. The van der Waals surface area contributed by atoms with Gasteiger partial charge >= 0.3 is 0 Å². The predicted octanol–water partition coefficient (Wildman–Crippen LogP) is 3.02. The van der Waals surface area contributed by atoms with Crippen LogP contribution in [0, 0.1) is 5.92 Å². The largest absolute Gasteiger partial charge is 0.497 e. The topological polar surface area (TPSA) is 45.6 Å². The summed E-state index contributed by atoms with van der Waals surface area (Å²) in [5.74, 6) is 1.35. The third-order valence-corrected chi connectivity index (χ3v) is 5.16. The Bertz CT molecular complexity index is 606. The zero-order valence-corrected chi connectivity index (χ0v) is 13.7. The van der Waals surface area contributed by atoms with Crippen LogP contribution in [0.4, 0.5) is 0 Å². The van der Waals surface area contributed by atoms with Crippen LogP contribution in [0.5, 0.6) is 5.75 Å². The Morgan fingerprint density at radius 2 is 2.18 bits per heavy atom. The number of aliphatic hydroxyl groups excluding tert-OH is 1. The quantitative estimate of drug-likeness (QED) is 0.920. The fourth-order valence-corrected chi connectivity index (χ4v) is 3.63. The van der Waals surface area contributed by atoms with Gasteiger partial charge in [-0.15, -0.1) is 11.3 Å². The van der Waals surface area contributed by atoms with Gasteiger partial charge in [-0.3, -0.25) is 4.90 Å². The Kier molecular flexibility index (Phi) is 5.08. The van der Waals surface area contributed by atoms with Gasteiger partial charge in [0.1, 0.15) is 10.8 Å². The summed E-state index contributed by atoms with van der Waals surface area (Å²) in [6.45, 7) is 3.33. The molecular weight excluding hydrogens is 296 g/mol. The molecule has 4 nitrogen and oxygen atoms in total. The maximum Gasteiger partial charge on any atom is 0.123 e. The van der Waals surface area contributed by atoms with Crippen LogP contribution in [-0.2, 0) is 6.54 Å². The Balaban J connectivity index is 1.64. The molecule has 3 rings (SSSR count). The number of nitrogens with zero attached hydrogens (tertiary/aromatic N) is 2. The van der Waals surface area contributed by atoms with Gasteiger partial charge in [-0.2, -0.15) is 0 Å². The van der Waals surface area contributed by atoms with Gasteiger partial charge in [-0.25, -0.2) is 4.98 Å². The van der Waals surface area contributed by atoms with Crippen LogP contribution in [0.2, 0.25) is 0 Å². The SMILES string of the molecule is COc1cccc(-c2nc(CN3CCC(CO)CC3)cs2)c1. The lowest BCUT2D eigenvalue weighted by Gasteiger charge is -2.30. The highest BCUT2D eigenvalue weighted by Crippen LogP contribution is 2.27. The average molecular weight is 318 g/mol. The van der Waals surface area contributed by atoms with Gasteiger partial charge < -0.3 is 9.84 Å². The molecule has 22 heavy (non-hydrogen) atoms. The van der Waals surface area contributed by atoms with Gasteiger partial charge in [0, 0.05) is 24.1 Å². The van der Waals surface area contributed by atoms with Crippen molar-refractivity contribution in [3.05, 3.63) is 35.3 Å². The lowest BCUT2D eigenvalue weighted by atomic mass is 9.98.